The third-order valence-corrected chi connectivity index (χ3v) is 4.00. The number of aromatic nitrogens is 1. The number of furan rings is 1. The van der Waals surface area contributed by atoms with Crippen molar-refractivity contribution in [2.75, 3.05) is 13.1 Å². The number of guanidine groups is 1. The maximum absolute atomic E-state index is 5.32. The van der Waals surface area contributed by atoms with E-state index in [1.54, 1.807) is 6.26 Å². The van der Waals surface area contributed by atoms with Gasteiger partial charge in [0, 0.05) is 30.2 Å². The Bertz CT molecular complexity index is 802. The van der Waals surface area contributed by atoms with Crippen LogP contribution in [0.3, 0.4) is 0 Å². The minimum Gasteiger partial charge on any atom is -0.467 e. The van der Waals surface area contributed by atoms with E-state index in [1.807, 2.05) is 12.1 Å². The smallest absolute Gasteiger partial charge is 0.191 e. The van der Waals surface area contributed by atoms with Crippen LogP contribution in [0.4, 0.5) is 0 Å². The predicted octanol–water partition coefficient (Wildman–Crippen LogP) is 3.37. The molecule has 24 heavy (non-hydrogen) atoms. The number of benzene rings is 1. The lowest BCUT2D eigenvalue weighted by Crippen LogP contribution is -2.38. The quantitative estimate of drug-likeness (QED) is 0.481. The monoisotopic (exact) mass is 324 g/mol. The van der Waals surface area contributed by atoms with Crippen LogP contribution in [0.5, 0.6) is 0 Å². The van der Waals surface area contributed by atoms with E-state index in [9.17, 15) is 0 Å². The van der Waals surface area contributed by atoms with Crippen LogP contribution < -0.4 is 10.6 Å². The molecule has 3 N–H and O–H groups in total. The van der Waals surface area contributed by atoms with E-state index in [-0.39, 0.29) is 0 Å². The van der Waals surface area contributed by atoms with Crippen LogP contribution in [-0.2, 0) is 13.0 Å². The summed E-state index contributed by atoms with van der Waals surface area (Å²) in [5.41, 5.74) is 3.84. The number of rotatable bonds is 6. The number of nitrogens with one attached hydrogen (secondary N) is 3. The van der Waals surface area contributed by atoms with E-state index in [1.165, 1.54) is 22.0 Å². The SMILES string of the molecule is CCNC(=NCc1ccco1)NCCc1c[nH]c2cccc(C)c12. The molecule has 0 spiro atoms. The summed E-state index contributed by atoms with van der Waals surface area (Å²) in [6, 6.07) is 10.2. The van der Waals surface area contributed by atoms with Gasteiger partial charge in [0.1, 0.15) is 12.3 Å². The lowest BCUT2D eigenvalue weighted by atomic mass is 10.1. The van der Waals surface area contributed by atoms with Crippen molar-refractivity contribution in [1.82, 2.24) is 15.6 Å². The number of aryl methyl sites for hydroxylation is 1. The number of nitrogens with zero attached hydrogens (tertiary/aromatic N) is 1. The lowest BCUT2D eigenvalue weighted by molar-refractivity contribution is 0.512. The zero-order valence-corrected chi connectivity index (χ0v) is 14.2. The summed E-state index contributed by atoms with van der Waals surface area (Å²) < 4.78 is 5.32. The van der Waals surface area contributed by atoms with E-state index in [2.05, 4.69) is 58.9 Å². The molecule has 2 heterocycles. The van der Waals surface area contributed by atoms with Crippen molar-refractivity contribution in [2.45, 2.75) is 26.8 Å². The second-order valence-corrected chi connectivity index (χ2v) is 5.76. The summed E-state index contributed by atoms with van der Waals surface area (Å²) in [6.07, 6.45) is 4.72. The highest BCUT2D eigenvalue weighted by molar-refractivity contribution is 5.86. The Labute approximate surface area is 142 Å². The van der Waals surface area contributed by atoms with Crippen molar-refractivity contribution in [3.05, 3.63) is 59.7 Å². The highest BCUT2D eigenvalue weighted by Gasteiger charge is 2.06. The Kier molecular flexibility index (Phi) is 5.21. The molecule has 0 saturated carbocycles. The lowest BCUT2D eigenvalue weighted by Gasteiger charge is -2.11. The van der Waals surface area contributed by atoms with Crippen molar-refractivity contribution >= 4 is 16.9 Å². The standard InChI is InChI=1S/C19H24N4O/c1-3-20-19(23-13-16-7-5-11-24-16)21-10-9-15-12-22-17-8-4-6-14(2)18(15)17/h4-8,11-12,22H,3,9-10,13H2,1-2H3,(H2,20,21,23). The first kappa shape index (κ1) is 16.2. The van der Waals surface area contributed by atoms with Crippen LogP contribution in [0.1, 0.15) is 23.8 Å². The van der Waals surface area contributed by atoms with E-state index in [4.69, 9.17) is 4.42 Å². The van der Waals surface area contributed by atoms with Gasteiger partial charge in [-0.15, -0.1) is 0 Å². The normalized spacial score (nSPS) is 11.8. The van der Waals surface area contributed by atoms with Gasteiger partial charge in [0.05, 0.1) is 6.26 Å². The number of hydrogen-bond donors (Lipinski definition) is 3. The fourth-order valence-corrected chi connectivity index (χ4v) is 2.87. The van der Waals surface area contributed by atoms with Crippen molar-refractivity contribution in [1.29, 1.82) is 0 Å². The number of aromatic amines is 1. The van der Waals surface area contributed by atoms with Crippen LogP contribution in [0.2, 0.25) is 0 Å². The molecule has 0 aliphatic rings. The predicted molar refractivity (Wildman–Crippen MR) is 98.3 cm³/mol. The number of H-pyrrole nitrogens is 1. The molecular weight excluding hydrogens is 300 g/mol. The van der Waals surface area contributed by atoms with Gasteiger partial charge in [-0.05, 0) is 49.6 Å². The first-order valence-electron chi connectivity index (χ1n) is 8.38. The number of hydrogen-bond acceptors (Lipinski definition) is 2. The van der Waals surface area contributed by atoms with Gasteiger partial charge in [0.15, 0.2) is 5.96 Å². The molecule has 0 fully saturated rings. The van der Waals surface area contributed by atoms with Crippen LogP contribution in [0, 0.1) is 6.92 Å². The van der Waals surface area contributed by atoms with Gasteiger partial charge < -0.3 is 20.0 Å². The molecule has 2 aromatic heterocycles. The molecule has 0 atom stereocenters. The van der Waals surface area contributed by atoms with Gasteiger partial charge >= 0.3 is 0 Å². The molecule has 0 radical (unpaired) electrons. The Hall–Kier alpha value is -2.69. The van der Waals surface area contributed by atoms with Crippen molar-refractivity contribution in [2.24, 2.45) is 4.99 Å². The molecule has 3 aromatic rings. The molecule has 0 amide bonds. The fraction of sp³-hybridized carbons (Fsp3) is 0.316. The minimum absolute atomic E-state index is 0.536. The highest BCUT2D eigenvalue weighted by Crippen LogP contribution is 2.22. The molecule has 5 heteroatoms. The summed E-state index contributed by atoms with van der Waals surface area (Å²) >= 11 is 0. The summed E-state index contributed by atoms with van der Waals surface area (Å²) in [6.45, 7) is 6.41. The highest BCUT2D eigenvalue weighted by atomic mass is 16.3. The van der Waals surface area contributed by atoms with Crippen LogP contribution >= 0.6 is 0 Å². The zero-order valence-electron chi connectivity index (χ0n) is 14.2. The maximum atomic E-state index is 5.32. The van der Waals surface area contributed by atoms with Gasteiger partial charge in [0.25, 0.3) is 0 Å². The summed E-state index contributed by atoms with van der Waals surface area (Å²) in [4.78, 5) is 7.90. The molecule has 0 bridgehead atoms. The Morgan fingerprint density at radius 2 is 2.12 bits per heavy atom. The van der Waals surface area contributed by atoms with Crippen molar-refractivity contribution < 1.29 is 4.42 Å². The molecular formula is C19H24N4O. The minimum atomic E-state index is 0.536. The molecule has 0 aliphatic heterocycles. The molecule has 0 aliphatic carbocycles. The van der Waals surface area contributed by atoms with Crippen molar-refractivity contribution in [3.63, 3.8) is 0 Å². The van der Waals surface area contributed by atoms with E-state index < -0.39 is 0 Å². The first-order valence-corrected chi connectivity index (χ1v) is 8.38. The Balaban J connectivity index is 1.61. The number of fused-ring (bicyclic) bond motifs is 1. The third-order valence-electron chi connectivity index (χ3n) is 4.00. The maximum Gasteiger partial charge on any atom is 0.191 e. The zero-order chi connectivity index (χ0) is 16.8. The van der Waals surface area contributed by atoms with E-state index in [0.717, 1.165) is 31.2 Å². The van der Waals surface area contributed by atoms with Crippen LogP contribution in [0.25, 0.3) is 10.9 Å². The van der Waals surface area contributed by atoms with Gasteiger partial charge in [-0.3, -0.25) is 0 Å². The van der Waals surface area contributed by atoms with Gasteiger partial charge in [0.2, 0.25) is 0 Å². The molecule has 1 aromatic carbocycles. The Morgan fingerprint density at radius 1 is 1.21 bits per heavy atom. The third kappa shape index (κ3) is 3.79. The molecule has 3 rings (SSSR count). The van der Waals surface area contributed by atoms with Crippen LogP contribution in [-0.4, -0.2) is 24.0 Å². The molecule has 126 valence electrons. The molecule has 0 unspecified atom stereocenters. The second kappa shape index (κ2) is 7.73. The summed E-state index contributed by atoms with van der Waals surface area (Å²) in [7, 11) is 0. The molecule has 0 saturated heterocycles. The van der Waals surface area contributed by atoms with E-state index in [0.29, 0.717) is 6.54 Å². The van der Waals surface area contributed by atoms with Gasteiger partial charge in [-0.2, -0.15) is 0 Å². The average molecular weight is 324 g/mol. The largest absolute Gasteiger partial charge is 0.467 e. The number of aliphatic imine (C=N–C) groups is 1. The molecule has 5 nitrogen and oxygen atoms in total. The fourth-order valence-electron chi connectivity index (χ4n) is 2.87. The van der Waals surface area contributed by atoms with Crippen LogP contribution in [0.15, 0.2) is 52.2 Å². The Morgan fingerprint density at radius 3 is 2.92 bits per heavy atom. The topological polar surface area (TPSA) is 65.3 Å². The van der Waals surface area contributed by atoms with Gasteiger partial charge in [-0.25, -0.2) is 4.99 Å². The summed E-state index contributed by atoms with van der Waals surface area (Å²) in [5, 5.41) is 7.98. The first-order chi connectivity index (χ1) is 11.8. The van der Waals surface area contributed by atoms with E-state index >= 15 is 0 Å². The van der Waals surface area contributed by atoms with Gasteiger partial charge in [-0.1, -0.05) is 12.1 Å². The summed E-state index contributed by atoms with van der Waals surface area (Å²) in [5.74, 6) is 1.67. The van der Waals surface area contributed by atoms with Crippen molar-refractivity contribution in [3.8, 4) is 0 Å². The second-order valence-electron chi connectivity index (χ2n) is 5.76. The average Bonchev–Trinajstić information content (AvgIpc) is 3.23.